The molecule has 0 radical (unpaired) electrons. The second-order valence-corrected chi connectivity index (χ2v) is 9.38. The highest BCUT2D eigenvalue weighted by atomic mass is 16.5. The van der Waals surface area contributed by atoms with E-state index in [-0.39, 0.29) is 42.7 Å². The van der Waals surface area contributed by atoms with Gasteiger partial charge in [-0.1, -0.05) is 12.1 Å². The van der Waals surface area contributed by atoms with E-state index >= 15 is 0 Å². The number of rotatable bonds is 4. The van der Waals surface area contributed by atoms with Gasteiger partial charge in [-0.3, -0.25) is 24.1 Å². The molecule has 2 unspecified atom stereocenters. The molecule has 5 rings (SSSR count). The highest BCUT2D eigenvalue weighted by Crippen LogP contribution is 2.44. The Morgan fingerprint density at radius 2 is 1.82 bits per heavy atom. The van der Waals surface area contributed by atoms with Crippen molar-refractivity contribution in [2.75, 3.05) is 44.2 Å². The number of carbonyl (C=O) groups is 4. The van der Waals surface area contributed by atoms with E-state index in [1.165, 1.54) is 0 Å². The summed E-state index contributed by atoms with van der Waals surface area (Å²) < 4.78 is 5.50. The molecule has 1 aromatic rings. The van der Waals surface area contributed by atoms with Crippen molar-refractivity contribution in [1.82, 2.24) is 14.7 Å². The van der Waals surface area contributed by atoms with Crippen molar-refractivity contribution in [1.29, 1.82) is 0 Å². The molecule has 0 bridgehead atoms. The first-order valence-corrected chi connectivity index (χ1v) is 11.8. The summed E-state index contributed by atoms with van der Waals surface area (Å²) in [6.45, 7) is 4.76. The van der Waals surface area contributed by atoms with Crippen LogP contribution in [0.2, 0.25) is 0 Å². The maximum absolute atomic E-state index is 13.3. The molecule has 0 saturated carbocycles. The first kappa shape index (κ1) is 21.9. The molecule has 0 spiro atoms. The fourth-order valence-electron chi connectivity index (χ4n) is 5.56. The second-order valence-electron chi connectivity index (χ2n) is 9.38. The largest absolute Gasteiger partial charge is 0.368 e. The van der Waals surface area contributed by atoms with Crippen molar-refractivity contribution >= 4 is 29.3 Å². The summed E-state index contributed by atoms with van der Waals surface area (Å²) in [7, 11) is 0. The molecule has 3 saturated heterocycles. The third-order valence-electron chi connectivity index (χ3n) is 7.44. The van der Waals surface area contributed by atoms with Crippen molar-refractivity contribution in [2.24, 2.45) is 0 Å². The van der Waals surface area contributed by atoms with E-state index in [1.54, 1.807) is 31.7 Å². The molecule has 0 aromatic heterocycles. The molecule has 9 nitrogen and oxygen atoms in total. The zero-order valence-electron chi connectivity index (χ0n) is 19.0. The fourth-order valence-corrected chi connectivity index (χ4v) is 5.56. The number of anilines is 1. The molecule has 4 amide bonds. The van der Waals surface area contributed by atoms with Crippen LogP contribution in [0.25, 0.3) is 0 Å². The summed E-state index contributed by atoms with van der Waals surface area (Å²) in [5, 5.41) is 0. The van der Waals surface area contributed by atoms with Gasteiger partial charge in [-0.2, -0.15) is 0 Å². The smallest absolute Gasteiger partial charge is 0.257 e. The monoisotopic (exact) mass is 454 g/mol. The molecule has 33 heavy (non-hydrogen) atoms. The number of amides is 4. The van der Waals surface area contributed by atoms with Gasteiger partial charge in [-0.25, -0.2) is 0 Å². The lowest BCUT2D eigenvalue weighted by molar-refractivity contribution is -0.146. The number of nitrogens with zero attached hydrogens (tertiary/aromatic N) is 4. The van der Waals surface area contributed by atoms with Crippen LogP contribution in [0.3, 0.4) is 0 Å². The van der Waals surface area contributed by atoms with Gasteiger partial charge in [-0.15, -0.1) is 0 Å². The Morgan fingerprint density at radius 1 is 1.09 bits per heavy atom. The number of fused-ring (bicyclic) bond motifs is 3. The Labute approximate surface area is 193 Å². The number of para-hydroxylation sites is 1. The molecule has 0 aliphatic carbocycles. The molecule has 3 fully saturated rings. The Bertz CT molecular complexity index is 983. The van der Waals surface area contributed by atoms with Gasteiger partial charge in [0.05, 0.1) is 11.3 Å². The highest BCUT2D eigenvalue weighted by molar-refractivity contribution is 6.10. The minimum absolute atomic E-state index is 0.000748. The van der Waals surface area contributed by atoms with Crippen LogP contribution < -0.4 is 4.90 Å². The molecular weight excluding hydrogens is 424 g/mol. The van der Waals surface area contributed by atoms with E-state index in [0.717, 1.165) is 12.8 Å². The zero-order valence-corrected chi connectivity index (χ0v) is 19.0. The molecule has 4 aliphatic heterocycles. The summed E-state index contributed by atoms with van der Waals surface area (Å²) in [6, 6.07) is 7.18. The van der Waals surface area contributed by atoms with Crippen LogP contribution in [0.1, 0.15) is 49.4 Å². The Morgan fingerprint density at radius 3 is 2.55 bits per heavy atom. The van der Waals surface area contributed by atoms with Crippen molar-refractivity contribution in [2.45, 2.75) is 50.8 Å². The maximum atomic E-state index is 13.3. The van der Waals surface area contributed by atoms with E-state index < -0.39 is 5.66 Å². The first-order valence-electron chi connectivity index (χ1n) is 11.8. The lowest BCUT2D eigenvalue weighted by atomic mass is 9.98. The standard InChI is InChI=1S/C24H30N4O5/c1-24-10-8-21(30)28(24)18-6-3-2-5-17(18)22(31)27(24)11-9-20(29)25-12-14-26(15-13-25)23(32)19-7-4-16-33-19/h2-3,5-6,19H,4,7-16H2,1H3. The van der Waals surface area contributed by atoms with Crippen LogP contribution in [0.5, 0.6) is 0 Å². The Balaban J connectivity index is 1.22. The van der Waals surface area contributed by atoms with Crippen LogP contribution in [-0.4, -0.2) is 89.4 Å². The van der Waals surface area contributed by atoms with Gasteiger partial charge in [-0.05, 0) is 38.3 Å². The number of benzene rings is 1. The maximum Gasteiger partial charge on any atom is 0.257 e. The van der Waals surface area contributed by atoms with Crippen molar-refractivity contribution in [3.05, 3.63) is 29.8 Å². The first-order chi connectivity index (χ1) is 15.9. The van der Waals surface area contributed by atoms with E-state index in [0.29, 0.717) is 56.9 Å². The van der Waals surface area contributed by atoms with Crippen LogP contribution in [0, 0.1) is 0 Å². The van der Waals surface area contributed by atoms with Gasteiger partial charge in [0.1, 0.15) is 11.8 Å². The molecule has 176 valence electrons. The van der Waals surface area contributed by atoms with Gasteiger partial charge in [0.2, 0.25) is 11.8 Å². The van der Waals surface area contributed by atoms with Gasteiger partial charge in [0.15, 0.2) is 0 Å². The lowest BCUT2D eigenvalue weighted by Crippen LogP contribution is -2.62. The topological polar surface area (TPSA) is 90.5 Å². The van der Waals surface area contributed by atoms with Gasteiger partial charge < -0.3 is 19.4 Å². The number of ether oxygens (including phenoxy) is 1. The van der Waals surface area contributed by atoms with E-state index in [2.05, 4.69) is 0 Å². The van der Waals surface area contributed by atoms with Gasteiger partial charge >= 0.3 is 0 Å². The highest BCUT2D eigenvalue weighted by Gasteiger charge is 2.52. The Hall–Kier alpha value is -2.94. The van der Waals surface area contributed by atoms with Crippen LogP contribution in [0.4, 0.5) is 5.69 Å². The fraction of sp³-hybridized carbons (Fsp3) is 0.583. The third kappa shape index (κ3) is 3.68. The lowest BCUT2D eigenvalue weighted by Gasteiger charge is -2.48. The predicted octanol–water partition coefficient (Wildman–Crippen LogP) is 1.23. The predicted molar refractivity (Wildman–Crippen MR) is 119 cm³/mol. The van der Waals surface area contributed by atoms with E-state index in [9.17, 15) is 19.2 Å². The second kappa shape index (κ2) is 8.44. The number of hydrogen-bond acceptors (Lipinski definition) is 5. The van der Waals surface area contributed by atoms with Crippen LogP contribution >= 0.6 is 0 Å². The summed E-state index contributed by atoms with van der Waals surface area (Å²) in [4.78, 5) is 58.4. The number of carbonyl (C=O) groups excluding carboxylic acids is 4. The average Bonchev–Trinajstić information content (AvgIpc) is 3.47. The van der Waals surface area contributed by atoms with Crippen molar-refractivity contribution in [3.8, 4) is 0 Å². The van der Waals surface area contributed by atoms with Crippen molar-refractivity contribution in [3.63, 3.8) is 0 Å². The van der Waals surface area contributed by atoms with Gasteiger partial charge in [0, 0.05) is 52.2 Å². The van der Waals surface area contributed by atoms with Gasteiger partial charge in [0.25, 0.3) is 11.8 Å². The molecule has 9 heteroatoms. The SMILES string of the molecule is CC12CCC(=O)N1c1ccccc1C(=O)N2CCC(=O)N1CCN(C(=O)C2CCCO2)CC1. The van der Waals surface area contributed by atoms with Crippen LogP contribution in [-0.2, 0) is 19.1 Å². The van der Waals surface area contributed by atoms with Crippen molar-refractivity contribution < 1.29 is 23.9 Å². The molecular formula is C24H30N4O5. The van der Waals surface area contributed by atoms with E-state index in [4.69, 9.17) is 4.74 Å². The number of hydrogen-bond donors (Lipinski definition) is 0. The number of piperazine rings is 1. The van der Waals surface area contributed by atoms with Crippen LogP contribution in [0.15, 0.2) is 24.3 Å². The molecule has 0 N–H and O–H groups in total. The third-order valence-corrected chi connectivity index (χ3v) is 7.44. The average molecular weight is 455 g/mol. The quantitative estimate of drug-likeness (QED) is 0.683. The zero-order chi connectivity index (χ0) is 23.2. The minimum atomic E-state index is -0.755. The summed E-state index contributed by atoms with van der Waals surface area (Å²) in [6.07, 6.45) is 2.45. The normalized spacial score (nSPS) is 27.1. The molecule has 2 atom stereocenters. The Kier molecular flexibility index (Phi) is 5.60. The molecule has 4 aliphatic rings. The van der Waals surface area contributed by atoms with E-state index in [1.807, 2.05) is 19.1 Å². The minimum Gasteiger partial charge on any atom is -0.368 e. The summed E-state index contributed by atoms with van der Waals surface area (Å²) in [5.41, 5.74) is 0.399. The summed E-state index contributed by atoms with van der Waals surface area (Å²) in [5.74, 6) is -0.152. The summed E-state index contributed by atoms with van der Waals surface area (Å²) >= 11 is 0. The molecule has 1 aromatic carbocycles. The molecule has 4 heterocycles.